The maximum atomic E-state index is 15.0. The molecule has 1 amide bonds. The molecule has 1 aromatic heterocycles. The van der Waals surface area contributed by atoms with Crippen molar-refractivity contribution in [2.45, 2.75) is 63.4 Å². The Kier molecular flexibility index (Phi) is 12.6. The second kappa shape index (κ2) is 16.7. The van der Waals surface area contributed by atoms with Crippen molar-refractivity contribution >= 4 is 33.8 Å². The van der Waals surface area contributed by atoms with Gasteiger partial charge in [0.25, 0.3) is 10.0 Å². The summed E-state index contributed by atoms with van der Waals surface area (Å²) in [7, 11) is -0.0124. The zero-order valence-corrected chi connectivity index (χ0v) is 31.0. The molecule has 1 unspecified atom stereocenters. The number of aromatic nitrogens is 2. The van der Waals surface area contributed by atoms with Crippen LogP contribution in [0.15, 0.2) is 53.5 Å². The molecule has 15 heteroatoms. The second-order valence-corrected chi connectivity index (χ2v) is 16.0. The number of aliphatic hydroxyl groups excluding tert-OH is 1. The molecular formula is C36H51FN6O7S. The van der Waals surface area contributed by atoms with E-state index in [1.54, 1.807) is 22.6 Å². The number of aliphatic hydroxyl groups is 1. The van der Waals surface area contributed by atoms with Gasteiger partial charge in [-0.2, -0.15) is 4.31 Å². The van der Waals surface area contributed by atoms with Crippen molar-refractivity contribution in [3.63, 3.8) is 0 Å². The monoisotopic (exact) mass is 730 g/mol. The third-order valence-corrected chi connectivity index (χ3v) is 11.7. The van der Waals surface area contributed by atoms with E-state index < -0.39 is 40.1 Å². The Morgan fingerprint density at radius 2 is 1.73 bits per heavy atom. The summed E-state index contributed by atoms with van der Waals surface area (Å²) < 4.78 is 56.1. The number of carbonyl (C=O) groups excluding carboxylic acids is 2. The fourth-order valence-corrected chi connectivity index (χ4v) is 8.07. The zero-order valence-electron chi connectivity index (χ0n) is 30.1. The maximum Gasteiger partial charge on any atom is 0.410 e. The van der Waals surface area contributed by atoms with Gasteiger partial charge in [-0.25, -0.2) is 22.6 Å². The van der Waals surface area contributed by atoms with Gasteiger partial charge in [-0.15, -0.1) is 0 Å². The van der Waals surface area contributed by atoms with E-state index >= 15 is 4.39 Å². The highest BCUT2D eigenvalue weighted by Crippen LogP contribution is 2.28. The van der Waals surface area contributed by atoms with Gasteiger partial charge in [0.2, 0.25) is 0 Å². The summed E-state index contributed by atoms with van der Waals surface area (Å²) in [6.07, 6.45) is 6.57. The van der Waals surface area contributed by atoms with Crippen LogP contribution < -0.4 is 4.90 Å². The number of halogens is 1. The highest BCUT2D eigenvalue weighted by Gasteiger charge is 2.32. The molecule has 0 bridgehead atoms. The lowest BCUT2D eigenvalue weighted by Crippen LogP contribution is -2.48. The van der Waals surface area contributed by atoms with Crippen molar-refractivity contribution in [3.8, 4) is 0 Å². The molecule has 5 rings (SSSR count). The van der Waals surface area contributed by atoms with Crippen LogP contribution in [0.25, 0.3) is 6.08 Å². The van der Waals surface area contributed by atoms with Crippen LogP contribution in [0.4, 0.5) is 14.9 Å². The first-order chi connectivity index (χ1) is 24.2. The number of sulfonamides is 1. The molecule has 2 aromatic rings. The van der Waals surface area contributed by atoms with Crippen molar-refractivity contribution in [2.24, 2.45) is 18.9 Å². The summed E-state index contributed by atoms with van der Waals surface area (Å²) in [5.74, 6) is -1.44. The number of rotatable bonds is 6. The van der Waals surface area contributed by atoms with Crippen LogP contribution in [0.1, 0.15) is 45.6 Å². The standard InChI is InChI=1S/C36H51FN6O7S/c1-25-6-8-31(44)22-34(45)50-35(26(2)7-9-32(25)49-36(46)42-12-10-39(4)11-13-42)27(3)18-28-19-29(37)21-30(20-28)41-14-16-43(17-15-41)51(47,48)33-23-40(5)24-38-33/h7,9,18-21,23-26,31-32,35,44H,6,8,10-17,22H2,1-5H3/b9-7+,27-18+/t25-,26-,31+,32?,35-/m0/s1. The number of amides is 1. The topological polar surface area (TPSA) is 138 Å². The number of imidazole rings is 1. The Hall–Kier alpha value is -3.79. The first-order valence-electron chi connectivity index (χ1n) is 17.6. The van der Waals surface area contributed by atoms with Gasteiger partial charge in [0.15, 0.2) is 5.03 Å². The Balaban J connectivity index is 1.32. The fraction of sp³-hybridized carbons (Fsp3) is 0.583. The van der Waals surface area contributed by atoms with Crippen LogP contribution in [-0.2, 0) is 31.3 Å². The van der Waals surface area contributed by atoms with Gasteiger partial charge >= 0.3 is 12.1 Å². The number of benzene rings is 1. The molecule has 5 atom stereocenters. The van der Waals surface area contributed by atoms with E-state index in [0.717, 1.165) is 13.1 Å². The highest BCUT2D eigenvalue weighted by atomic mass is 32.2. The lowest BCUT2D eigenvalue weighted by Gasteiger charge is -2.35. The Morgan fingerprint density at radius 3 is 2.39 bits per heavy atom. The summed E-state index contributed by atoms with van der Waals surface area (Å²) in [5.41, 5.74) is 1.82. The van der Waals surface area contributed by atoms with Crippen LogP contribution in [0.2, 0.25) is 0 Å². The van der Waals surface area contributed by atoms with Crippen molar-refractivity contribution in [2.75, 3.05) is 64.3 Å². The predicted molar refractivity (Wildman–Crippen MR) is 191 cm³/mol. The minimum absolute atomic E-state index is 0.00481. The Labute approximate surface area is 300 Å². The largest absolute Gasteiger partial charge is 0.457 e. The van der Waals surface area contributed by atoms with Crippen molar-refractivity contribution < 1.29 is 37.0 Å². The Bertz CT molecular complexity index is 1700. The van der Waals surface area contributed by atoms with E-state index in [1.165, 1.54) is 29.0 Å². The van der Waals surface area contributed by atoms with Gasteiger partial charge in [0, 0.05) is 77.2 Å². The van der Waals surface area contributed by atoms with Gasteiger partial charge in [-0.3, -0.25) is 4.79 Å². The van der Waals surface area contributed by atoms with Crippen LogP contribution >= 0.6 is 0 Å². The third kappa shape index (κ3) is 9.96. The summed E-state index contributed by atoms with van der Waals surface area (Å²) in [6, 6.07) is 4.64. The molecule has 0 radical (unpaired) electrons. The lowest BCUT2D eigenvalue weighted by atomic mass is 9.91. The number of piperazine rings is 2. The Morgan fingerprint density at radius 1 is 1.02 bits per heavy atom. The third-order valence-electron chi connectivity index (χ3n) is 9.89. The zero-order chi connectivity index (χ0) is 36.9. The molecule has 0 saturated carbocycles. The van der Waals surface area contributed by atoms with E-state index in [4.69, 9.17) is 9.47 Å². The van der Waals surface area contributed by atoms with E-state index in [9.17, 15) is 23.1 Å². The number of likely N-dealkylation sites (N-methyl/N-ethyl adjacent to an activating group) is 1. The summed E-state index contributed by atoms with van der Waals surface area (Å²) >= 11 is 0. The SMILES string of the molecule is C/C(=C\c1cc(F)cc(N2CCN(S(=O)(=O)c3cn(C)cn3)CC2)c1)[C@H]1OC(=O)C[C@H](O)CC[C@H](C)C(OC(=O)N2CCN(C)CC2)/C=C/[C@@H]1C. The summed E-state index contributed by atoms with van der Waals surface area (Å²) in [6.45, 7) is 9.55. The van der Waals surface area contributed by atoms with Crippen molar-refractivity contribution in [1.29, 1.82) is 0 Å². The average Bonchev–Trinajstić information content (AvgIpc) is 3.54. The van der Waals surface area contributed by atoms with E-state index in [0.29, 0.717) is 55.8 Å². The molecule has 1 aromatic carbocycles. The summed E-state index contributed by atoms with van der Waals surface area (Å²) in [4.78, 5) is 35.9. The minimum atomic E-state index is -3.74. The maximum absolute atomic E-state index is 15.0. The average molecular weight is 731 g/mol. The molecule has 2 saturated heterocycles. The number of cyclic esters (lactones) is 1. The number of nitrogens with zero attached hydrogens (tertiary/aromatic N) is 6. The fourth-order valence-electron chi connectivity index (χ4n) is 6.68. The molecule has 0 aliphatic carbocycles. The van der Waals surface area contributed by atoms with E-state index in [-0.39, 0.29) is 42.5 Å². The van der Waals surface area contributed by atoms with E-state index in [1.807, 2.05) is 50.9 Å². The molecule has 0 spiro atoms. The first kappa shape index (κ1) is 38.4. The molecule has 13 nitrogen and oxygen atoms in total. The van der Waals surface area contributed by atoms with Gasteiger partial charge in [0.05, 0.1) is 18.9 Å². The number of hydrogen-bond donors (Lipinski definition) is 1. The molecule has 3 aliphatic rings. The molecule has 3 aliphatic heterocycles. The van der Waals surface area contributed by atoms with Crippen LogP contribution in [0, 0.1) is 17.7 Å². The predicted octanol–water partition coefficient (Wildman–Crippen LogP) is 3.51. The first-order valence-corrected chi connectivity index (χ1v) is 19.1. The number of anilines is 1. The minimum Gasteiger partial charge on any atom is -0.457 e. The van der Waals surface area contributed by atoms with Gasteiger partial charge in [-0.05, 0) is 68.1 Å². The highest BCUT2D eigenvalue weighted by molar-refractivity contribution is 7.89. The second-order valence-electron chi connectivity index (χ2n) is 14.1. The number of hydrogen-bond acceptors (Lipinski definition) is 10. The number of ether oxygens (including phenoxy) is 2. The van der Waals surface area contributed by atoms with Crippen LogP contribution in [0.5, 0.6) is 0 Å². The summed E-state index contributed by atoms with van der Waals surface area (Å²) in [5, 5.41) is 10.7. The van der Waals surface area contributed by atoms with Crippen LogP contribution in [-0.4, -0.2) is 127 Å². The molecular weight excluding hydrogens is 679 g/mol. The molecule has 4 heterocycles. The number of esters is 1. The number of carbonyl (C=O) groups is 2. The quantitative estimate of drug-likeness (QED) is 0.347. The van der Waals surface area contributed by atoms with Gasteiger partial charge < -0.3 is 33.8 Å². The van der Waals surface area contributed by atoms with Crippen LogP contribution in [0.3, 0.4) is 0 Å². The molecule has 280 valence electrons. The van der Waals surface area contributed by atoms with E-state index in [2.05, 4.69) is 9.88 Å². The van der Waals surface area contributed by atoms with Gasteiger partial charge in [0.1, 0.15) is 18.0 Å². The number of aryl methyl sites for hydroxylation is 1. The molecule has 1 N–H and O–H groups in total. The normalized spacial score (nSPS) is 27.3. The lowest BCUT2D eigenvalue weighted by molar-refractivity contribution is -0.151. The van der Waals surface area contributed by atoms with Gasteiger partial charge in [-0.1, -0.05) is 26.0 Å². The van der Waals surface area contributed by atoms with Crippen molar-refractivity contribution in [1.82, 2.24) is 23.7 Å². The smallest absolute Gasteiger partial charge is 0.410 e. The molecule has 51 heavy (non-hydrogen) atoms. The molecule has 2 fully saturated rings. The van der Waals surface area contributed by atoms with Crippen molar-refractivity contribution in [3.05, 3.63) is 59.8 Å².